The van der Waals surface area contributed by atoms with Crippen LogP contribution in [0.2, 0.25) is 0 Å². The normalized spacial score (nSPS) is 16.6. The van der Waals surface area contributed by atoms with Crippen molar-refractivity contribution in [3.63, 3.8) is 0 Å². The summed E-state index contributed by atoms with van der Waals surface area (Å²) in [6, 6.07) is 4.34. The minimum absolute atomic E-state index is 0.122. The maximum Gasteiger partial charge on any atom is 0.337 e. The molecule has 1 unspecified atom stereocenters. The third-order valence-electron chi connectivity index (χ3n) is 4.14. The topological polar surface area (TPSA) is 89.7 Å². The molecule has 1 aliphatic carbocycles. The van der Waals surface area contributed by atoms with E-state index in [0.717, 1.165) is 12.8 Å². The van der Waals surface area contributed by atoms with E-state index >= 15 is 0 Å². The minimum Gasteiger partial charge on any atom is -0.465 e. The summed E-state index contributed by atoms with van der Waals surface area (Å²) >= 11 is 0. The third kappa shape index (κ3) is 3.16. The van der Waals surface area contributed by atoms with Crippen molar-refractivity contribution in [2.75, 3.05) is 20.7 Å². The molecule has 0 saturated heterocycles. The first kappa shape index (κ1) is 16.9. The van der Waals surface area contributed by atoms with Crippen molar-refractivity contribution in [1.82, 2.24) is 4.31 Å². The van der Waals surface area contributed by atoms with Crippen LogP contribution in [0.5, 0.6) is 0 Å². The predicted molar refractivity (Wildman–Crippen MR) is 83.0 cm³/mol. The quantitative estimate of drug-likeness (QED) is 0.792. The Kier molecular flexibility index (Phi) is 4.89. The van der Waals surface area contributed by atoms with Crippen LogP contribution in [-0.4, -0.2) is 45.4 Å². The highest BCUT2D eigenvalue weighted by molar-refractivity contribution is 7.89. The van der Waals surface area contributed by atoms with Crippen molar-refractivity contribution in [2.45, 2.75) is 30.7 Å². The van der Waals surface area contributed by atoms with Crippen molar-refractivity contribution in [1.29, 1.82) is 0 Å². The second-order valence-electron chi connectivity index (χ2n) is 5.63. The second-order valence-corrected chi connectivity index (χ2v) is 7.60. The molecule has 1 saturated carbocycles. The fourth-order valence-corrected chi connectivity index (χ4v) is 4.25. The molecule has 0 aromatic heterocycles. The zero-order valence-corrected chi connectivity index (χ0v) is 13.9. The number of likely N-dealkylation sites (N-methyl/N-ethyl adjacent to an activating group) is 1. The maximum absolute atomic E-state index is 12.9. The molecule has 6 nitrogen and oxygen atoms in total. The van der Waals surface area contributed by atoms with E-state index in [0.29, 0.717) is 11.5 Å². The van der Waals surface area contributed by atoms with E-state index in [9.17, 15) is 13.2 Å². The standard InChI is InChI=1S/C15H22N2O4S/c1-10-4-5-12(15(18)21-3)8-14(10)22(19,20)17(2)13(9-16)11-6-7-11/h4-5,8,11,13H,6-7,9,16H2,1-3H3. The van der Waals surface area contributed by atoms with Gasteiger partial charge in [-0.2, -0.15) is 4.31 Å². The highest BCUT2D eigenvalue weighted by atomic mass is 32.2. The average Bonchev–Trinajstić information content (AvgIpc) is 3.32. The van der Waals surface area contributed by atoms with Crippen LogP contribution in [-0.2, 0) is 14.8 Å². The van der Waals surface area contributed by atoms with Gasteiger partial charge in [0, 0.05) is 19.6 Å². The van der Waals surface area contributed by atoms with E-state index in [1.165, 1.54) is 17.5 Å². The van der Waals surface area contributed by atoms with Crippen molar-refractivity contribution in [3.05, 3.63) is 29.3 Å². The number of hydrogen-bond acceptors (Lipinski definition) is 5. The van der Waals surface area contributed by atoms with Crippen molar-refractivity contribution < 1.29 is 17.9 Å². The fraction of sp³-hybridized carbons (Fsp3) is 0.533. The van der Waals surface area contributed by atoms with E-state index in [2.05, 4.69) is 4.74 Å². The monoisotopic (exact) mass is 326 g/mol. The van der Waals surface area contributed by atoms with Gasteiger partial charge in [-0.25, -0.2) is 13.2 Å². The number of nitrogens with zero attached hydrogens (tertiary/aromatic N) is 1. The molecule has 122 valence electrons. The number of carbonyl (C=O) groups excluding carboxylic acids is 1. The van der Waals surface area contributed by atoms with E-state index in [1.807, 2.05) is 0 Å². The number of methoxy groups -OCH3 is 1. The van der Waals surface area contributed by atoms with Crippen LogP contribution in [0.4, 0.5) is 0 Å². The zero-order valence-electron chi connectivity index (χ0n) is 13.1. The summed E-state index contributed by atoms with van der Waals surface area (Å²) < 4.78 is 31.7. The summed E-state index contributed by atoms with van der Waals surface area (Å²) in [5.41, 5.74) is 6.55. The highest BCUT2D eigenvalue weighted by Gasteiger charge is 2.38. The lowest BCUT2D eigenvalue weighted by atomic mass is 10.1. The Morgan fingerprint density at radius 3 is 2.59 bits per heavy atom. The molecule has 0 aliphatic heterocycles. The lowest BCUT2D eigenvalue weighted by Gasteiger charge is -2.27. The van der Waals surface area contributed by atoms with E-state index in [-0.39, 0.29) is 23.0 Å². The van der Waals surface area contributed by atoms with Crippen LogP contribution in [0, 0.1) is 12.8 Å². The molecular formula is C15H22N2O4S. The second kappa shape index (κ2) is 6.36. The number of carbonyl (C=O) groups is 1. The number of rotatable bonds is 6. The fourth-order valence-electron chi connectivity index (χ4n) is 2.57. The van der Waals surface area contributed by atoms with E-state index in [4.69, 9.17) is 5.73 Å². The summed E-state index contributed by atoms with van der Waals surface area (Å²) in [5, 5.41) is 0. The lowest BCUT2D eigenvalue weighted by molar-refractivity contribution is 0.0600. The Morgan fingerprint density at radius 2 is 2.09 bits per heavy atom. The SMILES string of the molecule is COC(=O)c1ccc(C)c(S(=O)(=O)N(C)C(CN)C2CC2)c1. The molecular weight excluding hydrogens is 304 g/mol. The van der Waals surface area contributed by atoms with Gasteiger partial charge < -0.3 is 10.5 Å². The molecule has 2 rings (SSSR count). The van der Waals surface area contributed by atoms with E-state index in [1.54, 1.807) is 26.1 Å². The largest absolute Gasteiger partial charge is 0.465 e. The van der Waals surface area contributed by atoms with Crippen LogP contribution in [0.1, 0.15) is 28.8 Å². The Labute approximate surface area is 131 Å². The summed E-state index contributed by atoms with van der Waals surface area (Å²) in [6.45, 7) is 1.99. The van der Waals surface area contributed by atoms with Crippen LogP contribution in [0.3, 0.4) is 0 Å². The van der Waals surface area contributed by atoms with Gasteiger partial charge in [0.1, 0.15) is 0 Å². The van der Waals surface area contributed by atoms with Crippen molar-refractivity contribution in [3.8, 4) is 0 Å². The molecule has 0 spiro atoms. The average molecular weight is 326 g/mol. The van der Waals surface area contributed by atoms with Gasteiger partial charge in [-0.05, 0) is 43.4 Å². The molecule has 0 amide bonds. The molecule has 22 heavy (non-hydrogen) atoms. The predicted octanol–water partition coefficient (Wildman–Crippen LogP) is 1.14. The lowest BCUT2D eigenvalue weighted by Crippen LogP contribution is -2.43. The molecule has 1 aromatic rings. The van der Waals surface area contributed by atoms with Gasteiger partial charge in [0.05, 0.1) is 17.6 Å². The van der Waals surface area contributed by atoms with Gasteiger partial charge in [-0.3, -0.25) is 0 Å². The smallest absolute Gasteiger partial charge is 0.337 e. The van der Waals surface area contributed by atoms with Gasteiger partial charge in [-0.1, -0.05) is 6.07 Å². The van der Waals surface area contributed by atoms with Gasteiger partial charge in [0.2, 0.25) is 10.0 Å². The molecule has 1 aliphatic rings. The first-order chi connectivity index (χ1) is 10.3. The Hall–Kier alpha value is -1.44. The van der Waals surface area contributed by atoms with Gasteiger partial charge in [0.15, 0.2) is 0 Å². The van der Waals surface area contributed by atoms with Crippen molar-refractivity contribution >= 4 is 16.0 Å². The summed E-state index contributed by atoms with van der Waals surface area (Å²) in [5.74, 6) is -0.231. The first-order valence-electron chi connectivity index (χ1n) is 7.20. The van der Waals surface area contributed by atoms with Crippen LogP contribution in [0.15, 0.2) is 23.1 Å². The van der Waals surface area contributed by atoms with Gasteiger partial charge in [-0.15, -0.1) is 0 Å². The Bertz CT molecular complexity index is 668. The summed E-state index contributed by atoms with van der Waals surface area (Å²) in [6.07, 6.45) is 2.01. The van der Waals surface area contributed by atoms with Crippen LogP contribution in [0.25, 0.3) is 0 Å². The number of benzene rings is 1. The summed E-state index contributed by atoms with van der Waals surface area (Å²) in [4.78, 5) is 11.8. The number of ether oxygens (including phenoxy) is 1. The molecule has 1 aromatic carbocycles. The van der Waals surface area contributed by atoms with Crippen LogP contribution < -0.4 is 5.73 Å². The van der Waals surface area contributed by atoms with Gasteiger partial charge in [0.25, 0.3) is 0 Å². The molecule has 1 fully saturated rings. The molecule has 2 N–H and O–H groups in total. The van der Waals surface area contributed by atoms with Gasteiger partial charge >= 0.3 is 5.97 Å². The zero-order chi connectivity index (χ0) is 16.5. The number of nitrogens with two attached hydrogens (primary N) is 1. The molecule has 0 radical (unpaired) electrons. The number of sulfonamides is 1. The minimum atomic E-state index is -3.70. The van der Waals surface area contributed by atoms with Crippen LogP contribution >= 0.6 is 0 Å². The third-order valence-corrected chi connectivity index (χ3v) is 6.17. The number of aryl methyl sites for hydroxylation is 1. The summed E-state index contributed by atoms with van der Waals surface area (Å²) in [7, 11) is -0.890. The number of hydrogen-bond donors (Lipinski definition) is 1. The number of esters is 1. The van der Waals surface area contributed by atoms with E-state index < -0.39 is 16.0 Å². The molecule has 1 atom stereocenters. The molecule has 0 heterocycles. The first-order valence-corrected chi connectivity index (χ1v) is 8.64. The highest BCUT2D eigenvalue weighted by Crippen LogP contribution is 2.36. The Balaban J connectivity index is 2.41. The maximum atomic E-state index is 12.9. The Morgan fingerprint density at radius 1 is 1.45 bits per heavy atom. The van der Waals surface area contributed by atoms with Crippen molar-refractivity contribution in [2.24, 2.45) is 11.7 Å². The molecule has 7 heteroatoms. The molecule has 0 bridgehead atoms.